The molecule has 0 aliphatic carbocycles. The summed E-state index contributed by atoms with van der Waals surface area (Å²) in [7, 11) is 0. The van der Waals surface area contributed by atoms with Crippen LogP contribution in [-0.2, 0) is 9.53 Å². The van der Waals surface area contributed by atoms with Gasteiger partial charge in [-0.2, -0.15) is 0 Å². The van der Waals surface area contributed by atoms with Gasteiger partial charge in [-0.3, -0.25) is 9.69 Å². The number of nitrogens with zero attached hydrogens (tertiary/aromatic N) is 3. The number of anilines is 1. The number of aliphatic hydroxyl groups excluding tert-OH is 1. The van der Waals surface area contributed by atoms with Gasteiger partial charge in [0.25, 0.3) is 0 Å². The Labute approximate surface area is 164 Å². The largest absolute Gasteiger partial charge is 0.464 e. The van der Waals surface area contributed by atoms with E-state index in [0.29, 0.717) is 0 Å². The number of piperidine rings is 2. The van der Waals surface area contributed by atoms with Crippen LogP contribution in [0.1, 0.15) is 32.1 Å². The molecule has 2 aromatic rings. The van der Waals surface area contributed by atoms with Crippen molar-refractivity contribution in [3.63, 3.8) is 0 Å². The van der Waals surface area contributed by atoms with Crippen LogP contribution in [0.5, 0.6) is 0 Å². The zero-order valence-corrected chi connectivity index (χ0v) is 16.0. The quantitative estimate of drug-likeness (QED) is 0.812. The Morgan fingerprint density at radius 1 is 1.18 bits per heavy atom. The van der Waals surface area contributed by atoms with Gasteiger partial charge in [-0.05, 0) is 37.8 Å². The molecule has 150 valence electrons. The summed E-state index contributed by atoms with van der Waals surface area (Å²) >= 11 is 0. The molecule has 3 fully saturated rings. The SMILES string of the molecule is O=C1OC(CN2CCC(O)CC2)CC12CCN(c1nccc3occc13)CC2. The van der Waals surface area contributed by atoms with Crippen LogP contribution < -0.4 is 4.90 Å². The van der Waals surface area contributed by atoms with Crippen LogP contribution >= 0.6 is 0 Å². The maximum absolute atomic E-state index is 12.7. The molecule has 7 heteroatoms. The zero-order chi connectivity index (χ0) is 19.1. The highest BCUT2D eigenvalue weighted by Crippen LogP contribution is 2.44. The second-order valence-corrected chi connectivity index (χ2v) is 8.50. The number of hydrogen-bond acceptors (Lipinski definition) is 7. The molecular formula is C21H27N3O4. The molecule has 3 saturated heterocycles. The Bertz CT molecular complexity index is 850. The van der Waals surface area contributed by atoms with Crippen molar-refractivity contribution < 1.29 is 19.1 Å². The highest BCUT2D eigenvalue weighted by atomic mass is 16.6. The van der Waals surface area contributed by atoms with Crippen LogP contribution in [0.15, 0.2) is 29.0 Å². The first-order valence-electron chi connectivity index (χ1n) is 10.3. The molecule has 2 aromatic heterocycles. The summed E-state index contributed by atoms with van der Waals surface area (Å²) < 4.78 is 11.3. The maximum atomic E-state index is 12.7. The number of hydrogen-bond donors (Lipinski definition) is 1. The minimum atomic E-state index is -0.346. The van der Waals surface area contributed by atoms with E-state index in [9.17, 15) is 9.90 Å². The third kappa shape index (κ3) is 3.16. The summed E-state index contributed by atoms with van der Waals surface area (Å²) in [5, 5.41) is 10.7. The number of pyridine rings is 1. The number of aliphatic hydroxyl groups is 1. The first kappa shape index (κ1) is 17.9. The Hall–Kier alpha value is -2.12. The van der Waals surface area contributed by atoms with Crippen LogP contribution in [-0.4, -0.2) is 65.9 Å². The number of cyclic esters (lactones) is 1. The van der Waals surface area contributed by atoms with E-state index in [-0.39, 0.29) is 23.6 Å². The third-order valence-corrected chi connectivity index (χ3v) is 6.72. The molecule has 5 rings (SSSR count). The van der Waals surface area contributed by atoms with E-state index in [1.807, 2.05) is 12.1 Å². The molecule has 1 N–H and O–H groups in total. The molecule has 28 heavy (non-hydrogen) atoms. The Kier molecular flexibility index (Phi) is 4.51. The van der Waals surface area contributed by atoms with Crippen molar-refractivity contribution in [2.45, 2.75) is 44.3 Å². The van der Waals surface area contributed by atoms with Crippen LogP contribution in [0, 0.1) is 5.41 Å². The first-order chi connectivity index (χ1) is 13.6. The van der Waals surface area contributed by atoms with E-state index in [4.69, 9.17) is 9.15 Å². The van der Waals surface area contributed by atoms with E-state index in [0.717, 1.165) is 81.6 Å². The van der Waals surface area contributed by atoms with E-state index in [1.165, 1.54) is 0 Å². The minimum Gasteiger partial charge on any atom is -0.464 e. The van der Waals surface area contributed by atoms with Gasteiger partial charge in [0.1, 0.15) is 17.5 Å². The van der Waals surface area contributed by atoms with Gasteiger partial charge in [0, 0.05) is 45.3 Å². The van der Waals surface area contributed by atoms with E-state index in [2.05, 4.69) is 14.8 Å². The van der Waals surface area contributed by atoms with Crippen LogP contribution in [0.3, 0.4) is 0 Å². The highest BCUT2D eigenvalue weighted by Gasteiger charge is 2.50. The highest BCUT2D eigenvalue weighted by molar-refractivity contribution is 5.88. The summed E-state index contributed by atoms with van der Waals surface area (Å²) in [6.07, 6.45) is 7.31. The van der Waals surface area contributed by atoms with E-state index >= 15 is 0 Å². The summed E-state index contributed by atoms with van der Waals surface area (Å²) in [6, 6.07) is 3.83. The molecule has 1 spiro atoms. The van der Waals surface area contributed by atoms with Crippen molar-refractivity contribution in [1.82, 2.24) is 9.88 Å². The lowest BCUT2D eigenvalue weighted by Gasteiger charge is -2.37. The van der Waals surface area contributed by atoms with Crippen molar-refractivity contribution in [3.05, 3.63) is 24.6 Å². The molecule has 0 bridgehead atoms. The lowest BCUT2D eigenvalue weighted by molar-refractivity contribution is -0.150. The first-order valence-corrected chi connectivity index (χ1v) is 10.3. The second kappa shape index (κ2) is 7.04. The third-order valence-electron chi connectivity index (χ3n) is 6.72. The van der Waals surface area contributed by atoms with Gasteiger partial charge in [0.15, 0.2) is 0 Å². The zero-order valence-electron chi connectivity index (χ0n) is 16.0. The molecule has 7 nitrogen and oxygen atoms in total. The lowest BCUT2D eigenvalue weighted by Crippen LogP contribution is -2.43. The average molecular weight is 385 g/mol. The van der Waals surface area contributed by atoms with Gasteiger partial charge >= 0.3 is 5.97 Å². The molecule has 1 atom stereocenters. The fraction of sp³-hybridized carbons (Fsp3) is 0.619. The smallest absolute Gasteiger partial charge is 0.312 e. The molecule has 3 aliphatic rings. The monoisotopic (exact) mass is 385 g/mol. The normalized spacial score (nSPS) is 26.2. The summed E-state index contributed by atoms with van der Waals surface area (Å²) in [5.74, 6) is 0.916. The standard InChI is InChI=1S/C21H27N3O4/c25-15-2-8-23(9-3-15)14-16-13-21(20(26)28-16)5-10-24(11-6-21)19-17-4-12-27-18(17)1-7-22-19/h1,4,7,12,15-16,25H,2-3,5-6,8-11,13-14H2. The Morgan fingerprint density at radius 3 is 2.75 bits per heavy atom. The second-order valence-electron chi connectivity index (χ2n) is 8.50. The number of aromatic nitrogens is 1. The van der Waals surface area contributed by atoms with Crippen LogP contribution in [0.25, 0.3) is 11.0 Å². The number of carbonyl (C=O) groups excluding carboxylic acids is 1. The molecule has 0 radical (unpaired) electrons. The average Bonchev–Trinajstić information content (AvgIpc) is 3.29. The number of ether oxygens (including phenoxy) is 1. The predicted octanol–water partition coefficient (Wildman–Crippen LogP) is 2.19. The number of fused-ring (bicyclic) bond motifs is 1. The van der Waals surface area contributed by atoms with Gasteiger partial charge < -0.3 is 19.2 Å². The van der Waals surface area contributed by atoms with Gasteiger partial charge in [-0.1, -0.05) is 0 Å². The molecule has 3 aliphatic heterocycles. The fourth-order valence-electron chi connectivity index (χ4n) is 5.02. The van der Waals surface area contributed by atoms with Crippen molar-refractivity contribution >= 4 is 22.8 Å². The fourth-order valence-corrected chi connectivity index (χ4v) is 5.02. The van der Waals surface area contributed by atoms with Gasteiger partial charge in [-0.25, -0.2) is 4.98 Å². The lowest BCUT2D eigenvalue weighted by atomic mass is 9.76. The number of carbonyl (C=O) groups is 1. The van der Waals surface area contributed by atoms with Crippen molar-refractivity contribution in [2.75, 3.05) is 37.6 Å². The van der Waals surface area contributed by atoms with Crippen LogP contribution in [0.4, 0.5) is 5.82 Å². The minimum absolute atomic E-state index is 0.0234. The summed E-state index contributed by atoms with van der Waals surface area (Å²) in [5.41, 5.74) is 0.498. The molecule has 1 unspecified atom stereocenters. The van der Waals surface area contributed by atoms with Crippen molar-refractivity contribution in [3.8, 4) is 0 Å². The molecule has 0 amide bonds. The van der Waals surface area contributed by atoms with Gasteiger partial charge in [0.05, 0.1) is 23.2 Å². The molecular weight excluding hydrogens is 358 g/mol. The molecule has 0 aromatic carbocycles. The maximum Gasteiger partial charge on any atom is 0.312 e. The number of likely N-dealkylation sites (tertiary alicyclic amines) is 1. The molecule has 0 saturated carbocycles. The van der Waals surface area contributed by atoms with Gasteiger partial charge in [-0.15, -0.1) is 0 Å². The molecule has 5 heterocycles. The van der Waals surface area contributed by atoms with Crippen LogP contribution in [0.2, 0.25) is 0 Å². The topological polar surface area (TPSA) is 79.0 Å². The summed E-state index contributed by atoms with van der Waals surface area (Å²) in [6.45, 7) is 4.16. The van der Waals surface area contributed by atoms with E-state index < -0.39 is 0 Å². The van der Waals surface area contributed by atoms with Crippen molar-refractivity contribution in [2.24, 2.45) is 5.41 Å². The number of furan rings is 1. The summed E-state index contributed by atoms with van der Waals surface area (Å²) in [4.78, 5) is 21.9. The number of rotatable bonds is 3. The Balaban J connectivity index is 1.23. The van der Waals surface area contributed by atoms with Crippen molar-refractivity contribution in [1.29, 1.82) is 0 Å². The Morgan fingerprint density at radius 2 is 1.96 bits per heavy atom. The predicted molar refractivity (Wildman–Crippen MR) is 104 cm³/mol. The van der Waals surface area contributed by atoms with Gasteiger partial charge in [0.2, 0.25) is 0 Å². The van der Waals surface area contributed by atoms with E-state index in [1.54, 1.807) is 12.5 Å². The number of esters is 1.